The van der Waals surface area contributed by atoms with E-state index in [1.165, 1.54) is 0 Å². The third kappa shape index (κ3) is 0.838. The number of halogens is 7. The number of ether oxygens (including phenoxy) is 1. The molecule has 0 aromatic heterocycles. The molecule has 1 aliphatic heterocycles. The van der Waals surface area contributed by atoms with Crippen molar-refractivity contribution in [1.29, 1.82) is 0 Å². The third-order valence-electron chi connectivity index (χ3n) is 1.22. The van der Waals surface area contributed by atoms with Gasteiger partial charge in [-0.1, -0.05) is 0 Å². The van der Waals surface area contributed by atoms with Gasteiger partial charge in [-0.05, 0) is 0 Å². The molecule has 1 heterocycles. The minimum Gasteiger partial charge on any atom is -0.267 e. The molecule has 1 radical (unpaired) electrons. The smallest absolute Gasteiger partial charge is 0.267 e. The van der Waals surface area contributed by atoms with Crippen molar-refractivity contribution in [2.45, 2.75) is 18.0 Å². The summed E-state index contributed by atoms with van der Waals surface area (Å²) in [5.41, 5.74) is 0. The molecular formula is C4F7O. The first kappa shape index (κ1) is 9.56. The minimum absolute atomic E-state index is 2.40. The molecule has 0 amide bonds. The first-order chi connectivity index (χ1) is 5.13. The van der Waals surface area contributed by atoms with Crippen LogP contribution in [0.1, 0.15) is 0 Å². The Balaban J connectivity index is 3.10. The van der Waals surface area contributed by atoms with Crippen LogP contribution in [0.2, 0.25) is 0 Å². The number of alkyl halides is 6. The number of rotatable bonds is 0. The Bertz CT molecular complexity index is 200. The van der Waals surface area contributed by atoms with E-state index in [-0.39, 0.29) is 0 Å². The molecule has 0 spiro atoms. The Labute approximate surface area is 61.1 Å². The zero-order valence-electron chi connectivity index (χ0n) is 5.05. The van der Waals surface area contributed by atoms with Gasteiger partial charge in [0.05, 0.1) is 0 Å². The van der Waals surface area contributed by atoms with Crippen molar-refractivity contribution in [2.75, 3.05) is 0 Å². The second kappa shape index (κ2) is 2.04. The van der Waals surface area contributed by atoms with Crippen LogP contribution in [0.3, 0.4) is 0 Å². The van der Waals surface area contributed by atoms with Crippen LogP contribution in [0.15, 0.2) is 0 Å². The van der Waals surface area contributed by atoms with Gasteiger partial charge >= 0.3 is 24.3 Å². The summed E-state index contributed by atoms with van der Waals surface area (Å²) in [7, 11) is 0. The first-order valence-electron chi connectivity index (χ1n) is 2.48. The van der Waals surface area contributed by atoms with E-state index >= 15 is 0 Å². The van der Waals surface area contributed by atoms with Gasteiger partial charge in [0.25, 0.3) is 0 Å². The first-order valence-corrected chi connectivity index (χ1v) is 2.48. The molecule has 0 aromatic rings. The summed E-state index contributed by atoms with van der Waals surface area (Å²) in [6, 6.07) is 0. The molecule has 1 rings (SSSR count). The second-order valence-corrected chi connectivity index (χ2v) is 2.04. The van der Waals surface area contributed by atoms with Crippen LogP contribution in [0.5, 0.6) is 0 Å². The summed E-state index contributed by atoms with van der Waals surface area (Å²) in [4.78, 5) is 0. The van der Waals surface area contributed by atoms with Crippen molar-refractivity contribution in [1.82, 2.24) is 0 Å². The minimum atomic E-state index is -5.84. The van der Waals surface area contributed by atoms with Gasteiger partial charge < -0.3 is 0 Å². The monoisotopic (exact) mass is 197 g/mol. The quantitative estimate of drug-likeness (QED) is 0.541. The predicted molar refractivity (Wildman–Crippen MR) is 20.3 cm³/mol. The summed E-state index contributed by atoms with van der Waals surface area (Å²) >= 11 is 0. The van der Waals surface area contributed by atoms with Gasteiger partial charge in [0.2, 0.25) is 0 Å². The van der Waals surface area contributed by atoms with E-state index < -0.39 is 24.3 Å². The largest absolute Gasteiger partial charge is 0.428 e. The van der Waals surface area contributed by atoms with Crippen molar-refractivity contribution >= 4 is 0 Å². The Morgan fingerprint density at radius 2 is 1.33 bits per heavy atom. The van der Waals surface area contributed by atoms with Crippen LogP contribution in [-0.2, 0) is 4.74 Å². The highest BCUT2D eigenvalue weighted by Gasteiger charge is 2.84. The van der Waals surface area contributed by atoms with Gasteiger partial charge in [-0.25, -0.2) is 0 Å². The van der Waals surface area contributed by atoms with Crippen molar-refractivity contribution in [2.24, 2.45) is 0 Å². The molecule has 0 N–H and O–H groups in total. The van der Waals surface area contributed by atoms with Crippen molar-refractivity contribution < 1.29 is 35.5 Å². The van der Waals surface area contributed by atoms with Gasteiger partial charge in [-0.2, -0.15) is 30.7 Å². The van der Waals surface area contributed by atoms with Crippen LogP contribution in [-0.4, -0.2) is 18.0 Å². The van der Waals surface area contributed by atoms with Crippen LogP contribution >= 0.6 is 0 Å². The van der Waals surface area contributed by atoms with Crippen LogP contribution in [0.4, 0.5) is 30.7 Å². The van der Waals surface area contributed by atoms with Crippen LogP contribution in [0, 0.1) is 6.36 Å². The molecule has 71 valence electrons. The lowest BCUT2D eigenvalue weighted by molar-refractivity contribution is -0.326. The molecule has 1 fully saturated rings. The van der Waals surface area contributed by atoms with E-state index in [1.807, 2.05) is 0 Å². The second-order valence-electron chi connectivity index (χ2n) is 2.04. The van der Waals surface area contributed by atoms with Gasteiger partial charge in [-0.3, -0.25) is 4.74 Å². The molecule has 0 bridgehead atoms. The SMILES string of the molecule is F[C]1OC(F)(F)C(F)(F)C1(F)F. The maximum absolute atomic E-state index is 11.9. The highest BCUT2D eigenvalue weighted by molar-refractivity contribution is 5.08. The fourth-order valence-electron chi connectivity index (χ4n) is 0.547. The molecule has 0 aromatic carbocycles. The average Bonchev–Trinajstić information content (AvgIpc) is 1.92. The van der Waals surface area contributed by atoms with E-state index in [9.17, 15) is 30.7 Å². The molecule has 8 heteroatoms. The van der Waals surface area contributed by atoms with Gasteiger partial charge in [-0.15, -0.1) is 0 Å². The molecule has 1 nitrogen and oxygen atoms in total. The van der Waals surface area contributed by atoms with E-state index in [2.05, 4.69) is 4.74 Å². The van der Waals surface area contributed by atoms with E-state index in [4.69, 9.17) is 0 Å². The Morgan fingerprint density at radius 1 is 0.917 bits per heavy atom. The summed E-state index contributed by atoms with van der Waals surface area (Å²) < 4.78 is 85.0. The molecule has 0 aliphatic carbocycles. The third-order valence-corrected chi connectivity index (χ3v) is 1.22. The molecule has 0 atom stereocenters. The zero-order valence-corrected chi connectivity index (χ0v) is 5.05. The summed E-state index contributed by atoms with van der Waals surface area (Å²) in [5, 5.41) is 0. The van der Waals surface area contributed by atoms with Crippen LogP contribution in [0.25, 0.3) is 0 Å². The fourth-order valence-corrected chi connectivity index (χ4v) is 0.547. The average molecular weight is 197 g/mol. The lowest BCUT2D eigenvalue weighted by atomic mass is 10.2. The van der Waals surface area contributed by atoms with Crippen molar-refractivity contribution in [3.63, 3.8) is 0 Å². The predicted octanol–water partition coefficient (Wildman–Crippen LogP) is 2.34. The van der Waals surface area contributed by atoms with Gasteiger partial charge in [0.1, 0.15) is 0 Å². The number of hydrogen-bond donors (Lipinski definition) is 0. The lowest BCUT2D eigenvalue weighted by Gasteiger charge is -2.19. The maximum Gasteiger partial charge on any atom is 0.428 e. The molecular weight excluding hydrogens is 197 g/mol. The topological polar surface area (TPSA) is 9.23 Å². The van der Waals surface area contributed by atoms with Gasteiger partial charge in [0, 0.05) is 0 Å². The fraction of sp³-hybridized carbons (Fsp3) is 0.750. The Kier molecular flexibility index (Phi) is 1.62. The normalized spacial score (nSPS) is 32.2. The summed E-state index contributed by atoms with van der Waals surface area (Å²) in [6.07, 6.45) is -8.67. The standard InChI is InChI=1S/C4F7O/c5-1-2(6,7)3(8,9)4(10,11)12-1. The van der Waals surface area contributed by atoms with E-state index in [1.54, 1.807) is 0 Å². The Morgan fingerprint density at radius 3 is 1.42 bits per heavy atom. The maximum atomic E-state index is 11.9. The van der Waals surface area contributed by atoms with E-state index in [0.717, 1.165) is 0 Å². The summed E-state index contributed by atoms with van der Waals surface area (Å²) in [5.74, 6) is -11.4. The summed E-state index contributed by atoms with van der Waals surface area (Å²) in [6.45, 7) is 0. The Hall–Kier alpha value is -0.530. The number of hydrogen-bond acceptors (Lipinski definition) is 1. The van der Waals surface area contributed by atoms with E-state index in [0.29, 0.717) is 0 Å². The van der Waals surface area contributed by atoms with Crippen molar-refractivity contribution in [3.8, 4) is 0 Å². The molecule has 1 saturated heterocycles. The van der Waals surface area contributed by atoms with Gasteiger partial charge in [0.15, 0.2) is 0 Å². The van der Waals surface area contributed by atoms with Crippen molar-refractivity contribution in [3.05, 3.63) is 6.36 Å². The molecule has 1 aliphatic rings. The zero-order chi connectivity index (χ0) is 9.78. The highest BCUT2D eigenvalue weighted by atomic mass is 19.4. The highest BCUT2D eigenvalue weighted by Crippen LogP contribution is 2.58. The van der Waals surface area contributed by atoms with Crippen LogP contribution < -0.4 is 0 Å². The lowest BCUT2D eigenvalue weighted by Crippen LogP contribution is -2.47. The molecule has 0 saturated carbocycles. The molecule has 0 unspecified atom stereocenters. The molecule has 12 heavy (non-hydrogen) atoms.